The molecule has 2 N–H and O–H groups in total. The first-order valence-corrected chi connectivity index (χ1v) is 11.2. The normalized spacial score (nSPS) is 18.3. The third-order valence-electron chi connectivity index (χ3n) is 4.61. The second-order valence-corrected chi connectivity index (χ2v) is 11.0. The molecule has 0 aromatic heterocycles. The van der Waals surface area contributed by atoms with Gasteiger partial charge >= 0.3 is 0 Å². The van der Waals surface area contributed by atoms with E-state index in [0.717, 1.165) is 39.1 Å². The molecule has 1 aliphatic heterocycles. The molecule has 0 unspecified atom stereocenters. The fourth-order valence-electron chi connectivity index (χ4n) is 2.72. The maximum atomic E-state index is 12.2. The van der Waals surface area contributed by atoms with Crippen LogP contribution in [-0.4, -0.2) is 81.8 Å². The molecular weight excluding hydrogens is 352 g/mol. The van der Waals surface area contributed by atoms with Gasteiger partial charge in [-0.25, -0.2) is 8.42 Å². The van der Waals surface area contributed by atoms with E-state index in [2.05, 4.69) is 34.4 Å². The maximum absolute atomic E-state index is 12.2. The zero-order valence-corrected chi connectivity index (χ0v) is 18.2. The number of rotatable bonds is 8. The van der Waals surface area contributed by atoms with Crippen molar-refractivity contribution in [2.24, 2.45) is 4.99 Å². The van der Waals surface area contributed by atoms with Crippen LogP contribution in [0.25, 0.3) is 0 Å². The van der Waals surface area contributed by atoms with Crippen LogP contribution in [0.2, 0.25) is 0 Å². The molecule has 0 aromatic rings. The van der Waals surface area contributed by atoms with Gasteiger partial charge < -0.3 is 20.3 Å². The predicted molar refractivity (Wildman–Crippen MR) is 109 cm³/mol. The summed E-state index contributed by atoms with van der Waals surface area (Å²) in [7, 11) is -1.41. The molecular formula is C18H38N4O3S. The molecule has 26 heavy (non-hydrogen) atoms. The summed E-state index contributed by atoms with van der Waals surface area (Å²) in [6.45, 7) is 13.5. The van der Waals surface area contributed by atoms with E-state index in [1.54, 1.807) is 27.8 Å². The van der Waals surface area contributed by atoms with Crippen molar-refractivity contribution < 1.29 is 13.2 Å². The topological polar surface area (TPSA) is 83.0 Å². The molecule has 1 fully saturated rings. The highest BCUT2D eigenvalue weighted by molar-refractivity contribution is 7.92. The van der Waals surface area contributed by atoms with E-state index in [1.165, 1.54) is 0 Å². The number of nitrogens with zero attached hydrogens (tertiary/aromatic N) is 2. The van der Waals surface area contributed by atoms with Gasteiger partial charge in [-0.3, -0.25) is 4.99 Å². The fourth-order valence-corrected chi connectivity index (χ4v) is 3.70. The van der Waals surface area contributed by atoms with Crippen LogP contribution >= 0.6 is 0 Å². The smallest absolute Gasteiger partial charge is 0.191 e. The summed E-state index contributed by atoms with van der Waals surface area (Å²) in [6.07, 6.45) is 2.37. The predicted octanol–water partition coefficient (Wildman–Crippen LogP) is 1.25. The lowest BCUT2D eigenvalue weighted by Crippen LogP contribution is -2.50. The monoisotopic (exact) mass is 390 g/mol. The number of ether oxygens (including phenoxy) is 1. The Kier molecular flexibility index (Phi) is 9.33. The Morgan fingerprint density at radius 2 is 1.88 bits per heavy atom. The molecule has 1 heterocycles. The van der Waals surface area contributed by atoms with Gasteiger partial charge in [0.15, 0.2) is 15.8 Å². The minimum atomic E-state index is -3.12. The molecule has 0 radical (unpaired) electrons. The summed E-state index contributed by atoms with van der Waals surface area (Å²) in [6, 6.07) is 0.364. The van der Waals surface area contributed by atoms with Crippen LogP contribution in [0.4, 0.5) is 0 Å². The van der Waals surface area contributed by atoms with Crippen molar-refractivity contribution >= 4 is 15.8 Å². The first kappa shape index (κ1) is 23.2. The highest BCUT2D eigenvalue weighted by Crippen LogP contribution is 2.15. The zero-order chi connectivity index (χ0) is 19.8. The number of hydrogen-bond donors (Lipinski definition) is 2. The molecule has 7 nitrogen and oxygen atoms in total. The quantitative estimate of drug-likeness (QED) is 0.479. The lowest BCUT2D eigenvalue weighted by Gasteiger charge is -2.33. The summed E-state index contributed by atoms with van der Waals surface area (Å²) in [5.74, 6) is 0.779. The summed E-state index contributed by atoms with van der Waals surface area (Å²) < 4.78 is 29.2. The van der Waals surface area contributed by atoms with Crippen LogP contribution in [0.5, 0.6) is 0 Å². The number of guanidine groups is 1. The summed E-state index contributed by atoms with van der Waals surface area (Å²) in [5, 5.41) is 6.54. The Morgan fingerprint density at radius 3 is 2.38 bits per heavy atom. The summed E-state index contributed by atoms with van der Waals surface area (Å²) in [4.78, 5) is 6.64. The number of hydrogen-bond acceptors (Lipinski definition) is 5. The largest absolute Gasteiger partial charge is 0.377 e. The molecule has 0 bridgehead atoms. The highest BCUT2D eigenvalue weighted by atomic mass is 32.2. The zero-order valence-electron chi connectivity index (χ0n) is 17.3. The van der Waals surface area contributed by atoms with E-state index in [-0.39, 0.29) is 11.9 Å². The van der Waals surface area contributed by atoms with Gasteiger partial charge in [-0.15, -0.1) is 0 Å². The van der Waals surface area contributed by atoms with Gasteiger partial charge in [-0.1, -0.05) is 0 Å². The van der Waals surface area contributed by atoms with Crippen LogP contribution in [-0.2, 0) is 14.6 Å². The van der Waals surface area contributed by atoms with Crippen molar-refractivity contribution in [3.05, 3.63) is 0 Å². The minimum absolute atomic E-state index is 0.103. The molecule has 0 aliphatic carbocycles. The van der Waals surface area contributed by atoms with E-state index < -0.39 is 14.6 Å². The molecule has 0 amide bonds. The Hall–Kier alpha value is -0.860. The summed E-state index contributed by atoms with van der Waals surface area (Å²) >= 11 is 0. The van der Waals surface area contributed by atoms with Gasteiger partial charge in [-0.2, -0.15) is 0 Å². The maximum Gasteiger partial charge on any atom is 0.191 e. The average Bonchev–Trinajstić information content (AvgIpc) is 2.54. The van der Waals surface area contributed by atoms with Crippen molar-refractivity contribution in [3.8, 4) is 0 Å². The fraction of sp³-hybridized carbons (Fsp3) is 0.944. The van der Waals surface area contributed by atoms with Gasteiger partial charge in [0.25, 0.3) is 0 Å². The van der Waals surface area contributed by atoms with Crippen molar-refractivity contribution in [2.45, 2.75) is 64.4 Å². The van der Waals surface area contributed by atoms with Gasteiger partial charge in [0.2, 0.25) is 0 Å². The van der Waals surface area contributed by atoms with Crippen LogP contribution in [0.3, 0.4) is 0 Å². The Labute approximate surface area is 159 Å². The Balaban J connectivity index is 2.31. The van der Waals surface area contributed by atoms with E-state index in [4.69, 9.17) is 4.74 Å². The first-order valence-electron chi connectivity index (χ1n) is 9.58. The van der Waals surface area contributed by atoms with Gasteiger partial charge in [0, 0.05) is 39.3 Å². The van der Waals surface area contributed by atoms with Crippen LogP contribution in [0, 0.1) is 0 Å². The third-order valence-corrected chi connectivity index (χ3v) is 7.21. The van der Waals surface area contributed by atoms with E-state index in [9.17, 15) is 8.42 Å². The summed E-state index contributed by atoms with van der Waals surface area (Å²) in [5.41, 5.74) is 0. The number of sulfone groups is 1. The lowest BCUT2D eigenvalue weighted by molar-refractivity contribution is 0.0532. The third kappa shape index (κ3) is 8.22. The minimum Gasteiger partial charge on any atom is -0.377 e. The molecule has 1 rings (SSSR count). The molecule has 154 valence electrons. The number of likely N-dealkylation sites (tertiary alicyclic amines) is 1. The van der Waals surface area contributed by atoms with Crippen LogP contribution < -0.4 is 10.6 Å². The Bertz CT molecular complexity index is 533. The molecule has 0 atom stereocenters. The standard InChI is InChI=1S/C18H38N4O3S/c1-15(2)25-13-12-22-10-7-16(8-11-22)21-17(19-6)20-9-14-26(23,24)18(3,4)5/h15-16H,7-14H2,1-6H3,(H2,19,20,21). The first-order chi connectivity index (χ1) is 12.0. The van der Waals surface area contributed by atoms with E-state index in [1.807, 2.05) is 0 Å². The van der Waals surface area contributed by atoms with E-state index in [0.29, 0.717) is 18.5 Å². The molecule has 0 aromatic carbocycles. The van der Waals surface area contributed by atoms with Gasteiger partial charge in [0.05, 0.1) is 23.2 Å². The molecule has 1 aliphatic rings. The number of nitrogens with one attached hydrogen (secondary N) is 2. The molecule has 0 spiro atoms. The van der Waals surface area contributed by atoms with Crippen LogP contribution in [0.1, 0.15) is 47.5 Å². The van der Waals surface area contributed by atoms with Crippen molar-refractivity contribution in [3.63, 3.8) is 0 Å². The SMILES string of the molecule is CN=C(NCCS(=O)(=O)C(C)(C)C)NC1CCN(CCOC(C)C)CC1. The molecule has 1 saturated heterocycles. The van der Waals surface area contributed by atoms with Crippen LogP contribution in [0.15, 0.2) is 4.99 Å². The van der Waals surface area contributed by atoms with Crippen molar-refractivity contribution in [2.75, 3.05) is 45.6 Å². The molecule has 0 saturated carbocycles. The Morgan fingerprint density at radius 1 is 1.27 bits per heavy atom. The lowest BCUT2D eigenvalue weighted by atomic mass is 10.1. The second kappa shape index (κ2) is 10.5. The number of piperidine rings is 1. The average molecular weight is 391 g/mol. The highest BCUT2D eigenvalue weighted by Gasteiger charge is 2.28. The van der Waals surface area contributed by atoms with Gasteiger partial charge in [-0.05, 0) is 47.5 Å². The molecule has 8 heteroatoms. The second-order valence-electron chi connectivity index (χ2n) is 8.11. The van der Waals surface area contributed by atoms with Crippen molar-refractivity contribution in [1.29, 1.82) is 0 Å². The van der Waals surface area contributed by atoms with Crippen molar-refractivity contribution in [1.82, 2.24) is 15.5 Å². The van der Waals surface area contributed by atoms with E-state index >= 15 is 0 Å². The van der Waals surface area contributed by atoms with Gasteiger partial charge in [0.1, 0.15) is 0 Å². The number of aliphatic imine (C=N–C) groups is 1.